The molecule has 0 bridgehead atoms. The van der Waals surface area contributed by atoms with Crippen LogP contribution in [0.15, 0.2) is 48.8 Å². The first-order valence-electron chi connectivity index (χ1n) is 6.37. The maximum atomic E-state index is 9.31. The summed E-state index contributed by atoms with van der Waals surface area (Å²) in [6.07, 6.45) is 3.16. The number of fused-ring (bicyclic) bond motifs is 1. The molecule has 0 amide bonds. The Bertz CT molecular complexity index is 825. The molecule has 3 aromatic rings. The van der Waals surface area contributed by atoms with Crippen LogP contribution in [-0.2, 0) is 0 Å². The lowest BCUT2D eigenvalue weighted by Gasteiger charge is -2.12. The van der Waals surface area contributed by atoms with Crippen LogP contribution in [0.1, 0.15) is 5.56 Å². The van der Waals surface area contributed by atoms with Crippen LogP contribution in [-0.4, -0.2) is 17.1 Å². The molecule has 0 atom stereocenters. The van der Waals surface area contributed by atoms with Gasteiger partial charge in [-0.3, -0.25) is 0 Å². The molecular formula is C16H12N4O. The minimum absolute atomic E-state index is 0.438. The minimum atomic E-state index is 0.438. The summed E-state index contributed by atoms with van der Waals surface area (Å²) in [6, 6.07) is 13.6. The van der Waals surface area contributed by atoms with Gasteiger partial charge in [0, 0.05) is 23.5 Å². The van der Waals surface area contributed by atoms with Crippen molar-refractivity contribution in [3.63, 3.8) is 0 Å². The highest BCUT2D eigenvalue weighted by Gasteiger charge is 2.12. The van der Waals surface area contributed by atoms with Crippen LogP contribution >= 0.6 is 0 Å². The largest absolute Gasteiger partial charge is 0.479 e. The summed E-state index contributed by atoms with van der Waals surface area (Å²) in [4.78, 5) is 8.41. The third-order valence-corrected chi connectivity index (χ3v) is 3.11. The smallest absolute Gasteiger partial charge is 0.240 e. The Labute approximate surface area is 121 Å². The van der Waals surface area contributed by atoms with E-state index in [-0.39, 0.29) is 0 Å². The number of methoxy groups -OCH3 is 1. The van der Waals surface area contributed by atoms with Gasteiger partial charge in [0.2, 0.25) is 5.88 Å². The van der Waals surface area contributed by atoms with Crippen LogP contribution in [0.3, 0.4) is 0 Å². The van der Waals surface area contributed by atoms with Gasteiger partial charge in [0.25, 0.3) is 0 Å². The van der Waals surface area contributed by atoms with Crippen molar-refractivity contribution >= 4 is 22.3 Å². The lowest BCUT2D eigenvalue weighted by Crippen LogP contribution is -1.98. The number of hydrogen-bond donors (Lipinski definition) is 1. The van der Waals surface area contributed by atoms with Crippen LogP contribution in [0, 0.1) is 11.3 Å². The summed E-state index contributed by atoms with van der Waals surface area (Å²) < 4.78 is 5.22. The number of nitriles is 1. The number of nitrogens with one attached hydrogen (secondary N) is 1. The standard InChI is InChI=1S/C16H12N4O/c1-21-16-15-13(7-8-18-16)14(11(9-17)10-19-15)20-12-5-3-2-4-6-12/h2-8,10H,1H3,(H,19,20). The molecule has 0 aliphatic carbocycles. The van der Waals surface area contributed by atoms with Crippen molar-refractivity contribution in [3.8, 4) is 11.9 Å². The average Bonchev–Trinajstić information content (AvgIpc) is 2.55. The predicted molar refractivity (Wildman–Crippen MR) is 80.5 cm³/mol. The van der Waals surface area contributed by atoms with Gasteiger partial charge in [-0.15, -0.1) is 0 Å². The Balaban J connectivity index is 2.22. The Kier molecular flexibility index (Phi) is 3.36. The third-order valence-electron chi connectivity index (χ3n) is 3.11. The summed E-state index contributed by atoms with van der Waals surface area (Å²) in [7, 11) is 1.55. The first kappa shape index (κ1) is 12.9. The molecule has 0 radical (unpaired) electrons. The van der Waals surface area contributed by atoms with Gasteiger partial charge < -0.3 is 10.1 Å². The number of ether oxygens (including phenoxy) is 1. The van der Waals surface area contributed by atoms with E-state index >= 15 is 0 Å². The molecule has 0 saturated carbocycles. The molecule has 102 valence electrons. The van der Waals surface area contributed by atoms with Crippen molar-refractivity contribution in [2.24, 2.45) is 0 Å². The molecule has 0 aliphatic rings. The van der Waals surface area contributed by atoms with Crippen molar-refractivity contribution < 1.29 is 4.74 Å². The molecule has 1 N–H and O–H groups in total. The number of pyridine rings is 2. The fourth-order valence-electron chi connectivity index (χ4n) is 2.13. The fraction of sp³-hybridized carbons (Fsp3) is 0.0625. The molecule has 21 heavy (non-hydrogen) atoms. The van der Waals surface area contributed by atoms with Crippen LogP contribution in [0.2, 0.25) is 0 Å². The van der Waals surface area contributed by atoms with Crippen molar-refractivity contribution in [2.75, 3.05) is 12.4 Å². The maximum absolute atomic E-state index is 9.31. The minimum Gasteiger partial charge on any atom is -0.479 e. The molecule has 1 aromatic carbocycles. The van der Waals surface area contributed by atoms with Crippen LogP contribution in [0.25, 0.3) is 10.9 Å². The highest BCUT2D eigenvalue weighted by atomic mass is 16.5. The second kappa shape index (κ2) is 5.47. The number of nitrogens with zero attached hydrogens (tertiary/aromatic N) is 3. The Morgan fingerprint density at radius 1 is 1.14 bits per heavy atom. The molecule has 0 fully saturated rings. The average molecular weight is 276 g/mol. The lowest BCUT2D eigenvalue weighted by molar-refractivity contribution is 0.402. The van der Waals surface area contributed by atoms with Crippen LogP contribution in [0.4, 0.5) is 11.4 Å². The van der Waals surface area contributed by atoms with Gasteiger partial charge in [-0.1, -0.05) is 18.2 Å². The van der Waals surface area contributed by atoms with E-state index in [2.05, 4.69) is 21.4 Å². The van der Waals surface area contributed by atoms with Crippen molar-refractivity contribution in [1.29, 1.82) is 5.26 Å². The molecular weight excluding hydrogens is 264 g/mol. The third kappa shape index (κ3) is 2.35. The highest BCUT2D eigenvalue weighted by Crippen LogP contribution is 2.31. The summed E-state index contributed by atoms with van der Waals surface area (Å²) in [5.41, 5.74) is 2.70. The number of aromatic nitrogens is 2. The van der Waals surface area contributed by atoms with Gasteiger partial charge in [0.15, 0.2) is 0 Å². The molecule has 0 saturated heterocycles. The summed E-state index contributed by atoms with van der Waals surface area (Å²) in [5.74, 6) is 0.438. The zero-order chi connectivity index (χ0) is 14.7. The second-order valence-corrected chi connectivity index (χ2v) is 4.37. The van der Waals surface area contributed by atoms with Gasteiger partial charge in [-0.2, -0.15) is 5.26 Å². The number of rotatable bonds is 3. The molecule has 2 heterocycles. The monoisotopic (exact) mass is 276 g/mol. The van der Waals surface area contributed by atoms with E-state index < -0.39 is 0 Å². The summed E-state index contributed by atoms with van der Waals surface area (Å²) in [6.45, 7) is 0. The number of anilines is 2. The van der Waals surface area contributed by atoms with E-state index in [4.69, 9.17) is 4.74 Å². The maximum Gasteiger partial charge on any atom is 0.240 e. The molecule has 5 heteroatoms. The lowest BCUT2D eigenvalue weighted by atomic mass is 10.1. The molecule has 3 rings (SSSR count). The Morgan fingerprint density at radius 2 is 1.95 bits per heavy atom. The van der Waals surface area contributed by atoms with E-state index in [1.165, 1.54) is 6.20 Å². The molecule has 5 nitrogen and oxygen atoms in total. The first-order valence-corrected chi connectivity index (χ1v) is 6.37. The van der Waals surface area contributed by atoms with Gasteiger partial charge in [0.05, 0.1) is 18.4 Å². The van der Waals surface area contributed by atoms with Gasteiger partial charge in [-0.25, -0.2) is 9.97 Å². The normalized spacial score (nSPS) is 10.1. The predicted octanol–water partition coefficient (Wildman–Crippen LogP) is 3.25. The quantitative estimate of drug-likeness (QED) is 0.795. The SMILES string of the molecule is COc1nccc2c(Nc3ccccc3)c(C#N)cnc12. The highest BCUT2D eigenvalue weighted by molar-refractivity contribution is 5.97. The van der Waals surface area contributed by atoms with E-state index in [1.807, 2.05) is 36.4 Å². The molecule has 0 aliphatic heterocycles. The zero-order valence-electron chi connectivity index (χ0n) is 11.4. The summed E-state index contributed by atoms with van der Waals surface area (Å²) in [5, 5.41) is 13.4. The van der Waals surface area contributed by atoms with Crippen molar-refractivity contribution in [2.45, 2.75) is 0 Å². The number of para-hydroxylation sites is 1. The van der Waals surface area contributed by atoms with E-state index in [0.717, 1.165) is 11.1 Å². The number of hydrogen-bond acceptors (Lipinski definition) is 5. The van der Waals surface area contributed by atoms with E-state index in [1.54, 1.807) is 13.3 Å². The Morgan fingerprint density at radius 3 is 2.67 bits per heavy atom. The molecule has 0 unspecified atom stereocenters. The van der Waals surface area contributed by atoms with Gasteiger partial charge >= 0.3 is 0 Å². The van der Waals surface area contributed by atoms with E-state index in [0.29, 0.717) is 22.6 Å². The van der Waals surface area contributed by atoms with Crippen molar-refractivity contribution in [3.05, 3.63) is 54.4 Å². The topological polar surface area (TPSA) is 70.8 Å². The first-order chi connectivity index (χ1) is 10.3. The zero-order valence-corrected chi connectivity index (χ0v) is 11.4. The second-order valence-electron chi connectivity index (χ2n) is 4.37. The van der Waals surface area contributed by atoms with Gasteiger partial charge in [0.1, 0.15) is 11.6 Å². The molecule has 2 aromatic heterocycles. The Hall–Kier alpha value is -3.13. The summed E-state index contributed by atoms with van der Waals surface area (Å²) >= 11 is 0. The van der Waals surface area contributed by atoms with Crippen molar-refractivity contribution in [1.82, 2.24) is 9.97 Å². The van der Waals surface area contributed by atoms with Gasteiger partial charge in [-0.05, 0) is 18.2 Å². The fourth-order valence-corrected chi connectivity index (χ4v) is 2.13. The number of benzene rings is 1. The molecule has 0 spiro atoms. The van der Waals surface area contributed by atoms with E-state index in [9.17, 15) is 5.26 Å². The van der Waals surface area contributed by atoms with Crippen LogP contribution in [0.5, 0.6) is 5.88 Å². The van der Waals surface area contributed by atoms with Crippen LogP contribution < -0.4 is 10.1 Å².